The van der Waals surface area contributed by atoms with Crippen molar-refractivity contribution in [3.8, 4) is 5.75 Å². The van der Waals surface area contributed by atoms with Crippen molar-refractivity contribution < 1.29 is 13.9 Å². The zero-order chi connectivity index (χ0) is 16.4. The molecule has 1 amide bonds. The van der Waals surface area contributed by atoms with E-state index in [2.05, 4.69) is 31.2 Å². The molecule has 6 nitrogen and oxygen atoms in total. The minimum Gasteiger partial charge on any atom is -0.481 e. The molecule has 0 aliphatic carbocycles. The van der Waals surface area contributed by atoms with Gasteiger partial charge in [0.25, 0.3) is 5.91 Å². The van der Waals surface area contributed by atoms with E-state index in [9.17, 15) is 14.0 Å². The van der Waals surface area contributed by atoms with Gasteiger partial charge >= 0.3 is 5.69 Å². The lowest BCUT2D eigenvalue weighted by Gasteiger charge is -2.09. The highest BCUT2D eigenvalue weighted by molar-refractivity contribution is 9.10. The molecule has 1 aromatic heterocycles. The smallest absolute Gasteiger partial charge is 0.323 e. The van der Waals surface area contributed by atoms with Crippen molar-refractivity contribution in [2.45, 2.75) is 0 Å². The van der Waals surface area contributed by atoms with Gasteiger partial charge in [-0.1, -0.05) is 12.1 Å². The fraction of sp³-hybridized carbons (Fsp3) is 0.0667. The van der Waals surface area contributed by atoms with Crippen molar-refractivity contribution in [3.05, 3.63) is 57.2 Å². The number of aromatic nitrogens is 2. The first kappa shape index (κ1) is 15.3. The molecule has 0 bridgehead atoms. The van der Waals surface area contributed by atoms with Crippen LogP contribution in [0.25, 0.3) is 11.0 Å². The number of anilines is 1. The van der Waals surface area contributed by atoms with Crippen molar-refractivity contribution >= 4 is 38.6 Å². The molecule has 3 N–H and O–H groups in total. The summed E-state index contributed by atoms with van der Waals surface area (Å²) in [5.41, 5.74) is 1.30. The Bertz CT molecular complexity index is 935. The molecule has 0 spiro atoms. The van der Waals surface area contributed by atoms with E-state index in [0.717, 1.165) is 0 Å². The van der Waals surface area contributed by atoms with Gasteiger partial charge in [-0.3, -0.25) is 4.79 Å². The van der Waals surface area contributed by atoms with Crippen LogP contribution >= 0.6 is 15.9 Å². The number of amides is 1. The average Bonchev–Trinajstić information content (AvgIpc) is 2.86. The highest BCUT2D eigenvalue weighted by Gasteiger charge is 2.10. The number of hydrogen-bond acceptors (Lipinski definition) is 3. The van der Waals surface area contributed by atoms with Crippen LogP contribution in [0, 0.1) is 5.82 Å². The zero-order valence-electron chi connectivity index (χ0n) is 11.7. The lowest BCUT2D eigenvalue weighted by Crippen LogP contribution is -2.20. The number of halogens is 2. The fourth-order valence-corrected chi connectivity index (χ4v) is 2.49. The first-order valence-electron chi connectivity index (χ1n) is 6.61. The number of fused-ring (bicyclic) bond motifs is 1. The minimum atomic E-state index is -0.534. The summed E-state index contributed by atoms with van der Waals surface area (Å²) in [6.07, 6.45) is 0. The number of ether oxygens (including phenoxy) is 1. The van der Waals surface area contributed by atoms with E-state index in [-0.39, 0.29) is 18.0 Å². The molecule has 0 unspecified atom stereocenters. The summed E-state index contributed by atoms with van der Waals surface area (Å²) in [6, 6.07) is 9.11. The zero-order valence-corrected chi connectivity index (χ0v) is 13.2. The number of benzene rings is 2. The number of nitrogens with one attached hydrogen (secondary N) is 3. The van der Waals surface area contributed by atoms with E-state index in [1.807, 2.05) is 0 Å². The van der Waals surface area contributed by atoms with Crippen LogP contribution in [0.4, 0.5) is 10.1 Å². The molecule has 0 aliphatic heterocycles. The van der Waals surface area contributed by atoms with Crippen LogP contribution in [0.3, 0.4) is 0 Å². The Morgan fingerprint density at radius 2 is 1.91 bits per heavy atom. The number of rotatable bonds is 4. The van der Waals surface area contributed by atoms with Gasteiger partial charge in [0.1, 0.15) is 0 Å². The van der Waals surface area contributed by atoms with Crippen LogP contribution < -0.4 is 15.7 Å². The topological polar surface area (TPSA) is 87.0 Å². The third-order valence-electron chi connectivity index (χ3n) is 3.07. The van der Waals surface area contributed by atoms with E-state index in [4.69, 9.17) is 4.74 Å². The Labute approximate surface area is 137 Å². The molecular formula is C15H11BrFN3O3. The van der Waals surface area contributed by atoms with E-state index in [1.165, 1.54) is 18.2 Å². The molecule has 0 saturated heterocycles. The van der Waals surface area contributed by atoms with Gasteiger partial charge in [0.15, 0.2) is 18.2 Å². The van der Waals surface area contributed by atoms with Crippen LogP contribution in [-0.4, -0.2) is 22.5 Å². The van der Waals surface area contributed by atoms with Crippen molar-refractivity contribution in [3.63, 3.8) is 0 Å². The predicted molar refractivity (Wildman–Crippen MR) is 87.1 cm³/mol. The van der Waals surface area contributed by atoms with Gasteiger partial charge < -0.3 is 20.0 Å². The van der Waals surface area contributed by atoms with E-state index < -0.39 is 11.7 Å². The summed E-state index contributed by atoms with van der Waals surface area (Å²) in [7, 11) is 0. The van der Waals surface area contributed by atoms with Gasteiger partial charge in [-0.25, -0.2) is 9.18 Å². The Morgan fingerprint density at radius 1 is 1.22 bits per heavy atom. The summed E-state index contributed by atoms with van der Waals surface area (Å²) in [5.74, 6) is -0.980. The first-order valence-corrected chi connectivity index (χ1v) is 7.41. The summed E-state index contributed by atoms with van der Waals surface area (Å²) in [6.45, 7) is -0.338. The van der Waals surface area contributed by atoms with Gasteiger partial charge in [0.05, 0.1) is 16.7 Å². The minimum absolute atomic E-state index is 0.00660. The number of carbonyl (C=O) groups is 1. The molecule has 0 radical (unpaired) electrons. The van der Waals surface area contributed by atoms with E-state index in [0.29, 0.717) is 21.2 Å². The van der Waals surface area contributed by atoms with E-state index in [1.54, 1.807) is 18.2 Å². The number of para-hydroxylation sites is 1. The number of hydrogen-bond donors (Lipinski definition) is 3. The number of carbonyl (C=O) groups excluding carboxylic acids is 1. The number of aromatic amines is 2. The molecule has 3 rings (SSSR count). The molecule has 8 heteroatoms. The first-order chi connectivity index (χ1) is 11.0. The SMILES string of the molecule is O=C(COc1ccccc1F)Nc1cc2[nH]c(=O)[nH]c2cc1Br. The molecule has 118 valence electrons. The Morgan fingerprint density at radius 3 is 2.65 bits per heavy atom. The molecule has 0 aliphatic rings. The summed E-state index contributed by atoms with van der Waals surface area (Å²) in [4.78, 5) is 28.4. The van der Waals surface area contributed by atoms with Crippen molar-refractivity contribution in [2.24, 2.45) is 0 Å². The summed E-state index contributed by atoms with van der Waals surface area (Å²) in [5, 5.41) is 2.63. The Kier molecular flexibility index (Phi) is 4.16. The normalized spacial score (nSPS) is 10.7. The second-order valence-corrected chi connectivity index (χ2v) is 5.58. The molecule has 0 atom stereocenters. The molecule has 0 saturated carbocycles. The largest absolute Gasteiger partial charge is 0.481 e. The average molecular weight is 380 g/mol. The molecule has 23 heavy (non-hydrogen) atoms. The lowest BCUT2D eigenvalue weighted by molar-refractivity contribution is -0.118. The Hall–Kier alpha value is -2.61. The third-order valence-corrected chi connectivity index (χ3v) is 3.73. The summed E-state index contributed by atoms with van der Waals surface area (Å²) < 4.78 is 19.1. The van der Waals surface area contributed by atoms with Crippen LogP contribution in [0.1, 0.15) is 0 Å². The lowest BCUT2D eigenvalue weighted by atomic mass is 10.2. The maximum absolute atomic E-state index is 13.4. The van der Waals surface area contributed by atoms with Gasteiger partial charge in [0.2, 0.25) is 0 Å². The van der Waals surface area contributed by atoms with Crippen molar-refractivity contribution in [1.29, 1.82) is 0 Å². The van der Waals surface area contributed by atoms with Crippen LogP contribution in [0.15, 0.2) is 45.7 Å². The van der Waals surface area contributed by atoms with Crippen LogP contribution in [-0.2, 0) is 4.79 Å². The maximum Gasteiger partial charge on any atom is 0.323 e. The van der Waals surface area contributed by atoms with Gasteiger partial charge in [0, 0.05) is 4.47 Å². The standard InChI is InChI=1S/C15H11BrFN3O3/c16-8-5-11-12(20-15(22)19-11)6-10(8)18-14(21)7-23-13-4-2-1-3-9(13)17/h1-6H,7H2,(H,18,21)(H2,19,20,22). The van der Waals surface area contributed by atoms with Gasteiger partial charge in [-0.05, 0) is 40.2 Å². The molecule has 3 aromatic rings. The fourth-order valence-electron chi connectivity index (χ4n) is 2.04. The highest BCUT2D eigenvalue weighted by atomic mass is 79.9. The molecule has 0 fully saturated rings. The maximum atomic E-state index is 13.4. The van der Waals surface area contributed by atoms with E-state index >= 15 is 0 Å². The predicted octanol–water partition coefficient (Wildman–Crippen LogP) is 2.78. The molecular weight excluding hydrogens is 369 g/mol. The van der Waals surface area contributed by atoms with Crippen LogP contribution in [0.2, 0.25) is 0 Å². The van der Waals surface area contributed by atoms with Crippen molar-refractivity contribution in [2.75, 3.05) is 11.9 Å². The summed E-state index contributed by atoms with van der Waals surface area (Å²) >= 11 is 3.31. The van der Waals surface area contributed by atoms with Gasteiger partial charge in [-0.15, -0.1) is 0 Å². The molecule has 2 aromatic carbocycles. The second kappa shape index (κ2) is 6.25. The number of H-pyrrole nitrogens is 2. The number of imidazole rings is 1. The van der Waals surface area contributed by atoms with Gasteiger partial charge in [-0.2, -0.15) is 0 Å². The quantitative estimate of drug-likeness (QED) is 0.651. The molecule has 1 heterocycles. The van der Waals surface area contributed by atoms with Crippen molar-refractivity contribution in [1.82, 2.24) is 9.97 Å². The monoisotopic (exact) mass is 379 g/mol. The second-order valence-electron chi connectivity index (χ2n) is 4.72. The third kappa shape index (κ3) is 3.42. The Balaban J connectivity index is 1.71. The van der Waals surface area contributed by atoms with Crippen LogP contribution in [0.5, 0.6) is 5.75 Å². The highest BCUT2D eigenvalue weighted by Crippen LogP contribution is 2.26.